The van der Waals surface area contributed by atoms with Crippen LogP contribution in [0.1, 0.15) is 50.8 Å². The maximum atomic E-state index is 9.19. The Bertz CT molecular complexity index is 409. The highest BCUT2D eigenvalue weighted by Crippen LogP contribution is 2.13. The summed E-state index contributed by atoms with van der Waals surface area (Å²) in [4.78, 5) is 0. The van der Waals surface area contributed by atoms with Crippen molar-refractivity contribution in [1.29, 1.82) is 0 Å². The van der Waals surface area contributed by atoms with Crippen LogP contribution < -0.4 is 0 Å². The highest BCUT2D eigenvalue weighted by atomic mass is 16.3. The molecule has 0 saturated heterocycles. The molecule has 0 bridgehead atoms. The SMILES string of the molecule is CC.CC.Cc1ccc(CCCc2ccc(O)cc2)cc1. The molecule has 0 aliphatic heterocycles. The summed E-state index contributed by atoms with van der Waals surface area (Å²) in [5.41, 5.74) is 4.00. The molecule has 0 unspecified atom stereocenters. The number of aromatic hydroxyl groups is 1. The van der Waals surface area contributed by atoms with Gasteiger partial charge in [-0.1, -0.05) is 69.7 Å². The second-order valence-electron chi connectivity index (χ2n) is 4.51. The van der Waals surface area contributed by atoms with Gasteiger partial charge in [-0.3, -0.25) is 0 Å². The van der Waals surface area contributed by atoms with E-state index in [2.05, 4.69) is 31.2 Å². The summed E-state index contributed by atoms with van der Waals surface area (Å²) in [7, 11) is 0. The molecule has 2 aromatic carbocycles. The van der Waals surface area contributed by atoms with E-state index in [0.29, 0.717) is 5.75 Å². The number of phenolic OH excluding ortho intramolecular Hbond substituents is 1. The lowest BCUT2D eigenvalue weighted by molar-refractivity contribution is 0.475. The van der Waals surface area contributed by atoms with Crippen molar-refractivity contribution >= 4 is 0 Å². The molecule has 0 fully saturated rings. The van der Waals surface area contributed by atoms with E-state index in [1.807, 2.05) is 39.8 Å². The minimum absolute atomic E-state index is 0.340. The maximum Gasteiger partial charge on any atom is 0.115 e. The maximum absolute atomic E-state index is 9.19. The van der Waals surface area contributed by atoms with Gasteiger partial charge in [-0.2, -0.15) is 0 Å². The lowest BCUT2D eigenvalue weighted by Crippen LogP contribution is -1.90. The van der Waals surface area contributed by atoms with Gasteiger partial charge in [-0.15, -0.1) is 0 Å². The van der Waals surface area contributed by atoms with E-state index < -0.39 is 0 Å². The van der Waals surface area contributed by atoms with E-state index in [0.717, 1.165) is 19.3 Å². The Labute approximate surface area is 130 Å². The van der Waals surface area contributed by atoms with Crippen LogP contribution in [0.15, 0.2) is 48.5 Å². The van der Waals surface area contributed by atoms with E-state index in [9.17, 15) is 5.11 Å². The van der Waals surface area contributed by atoms with Gasteiger partial charge in [-0.25, -0.2) is 0 Å². The van der Waals surface area contributed by atoms with Gasteiger partial charge in [-0.05, 0) is 49.4 Å². The van der Waals surface area contributed by atoms with Crippen LogP contribution in [-0.2, 0) is 12.8 Å². The van der Waals surface area contributed by atoms with Crippen LogP contribution in [-0.4, -0.2) is 5.11 Å². The van der Waals surface area contributed by atoms with Crippen molar-refractivity contribution in [2.75, 3.05) is 0 Å². The third-order valence-electron chi connectivity index (χ3n) is 2.99. The first-order chi connectivity index (χ1) is 10.2. The van der Waals surface area contributed by atoms with E-state index in [4.69, 9.17) is 0 Å². The van der Waals surface area contributed by atoms with Gasteiger partial charge in [0.2, 0.25) is 0 Å². The van der Waals surface area contributed by atoms with Crippen LogP contribution in [0.3, 0.4) is 0 Å². The normalized spacial score (nSPS) is 9.00. The second kappa shape index (κ2) is 12.0. The first-order valence-electron chi connectivity index (χ1n) is 8.07. The number of hydrogen-bond donors (Lipinski definition) is 1. The summed E-state index contributed by atoms with van der Waals surface area (Å²) in [5, 5.41) is 9.19. The highest BCUT2D eigenvalue weighted by Gasteiger charge is 1.96. The molecule has 0 amide bonds. The molecule has 0 saturated carbocycles. The Morgan fingerprint density at radius 3 is 1.48 bits per heavy atom. The second-order valence-corrected chi connectivity index (χ2v) is 4.51. The fraction of sp³-hybridized carbons (Fsp3) is 0.400. The van der Waals surface area contributed by atoms with Gasteiger partial charge in [0.1, 0.15) is 5.75 Å². The molecule has 1 nitrogen and oxygen atoms in total. The third-order valence-corrected chi connectivity index (χ3v) is 2.99. The fourth-order valence-electron chi connectivity index (χ4n) is 1.91. The third kappa shape index (κ3) is 8.19. The number of benzene rings is 2. The Hall–Kier alpha value is -1.76. The topological polar surface area (TPSA) is 20.2 Å². The van der Waals surface area contributed by atoms with Crippen LogP contribution >= 0.6 is 0 Å². The van der Waals surface area contributed by atoms with Crippen molar-refractivity contribution in [2.24, 2.45) is 0 Å². The lowest BCUT2D eigenvalue weighted by atomic mass is 10.0. The molecule has 0 aliphatic rings. The van der Waals surface area contributed by atoms with Crippen molar-refractivity contribution < 1.29 is 5.11 Å². The minimum atomic E-state index is 0.340. The van der Waals surface area contributed by atoms with Gasteiger partial charge in [0.05, 0.1) is 0 Å². The molecule has 0 radical (unpaired) electrons. The molecule has 0 aromatic heterocycles. The number of phenols is 1. The molecule has 1 N–H and O–H groups in total. The van der Waals surface area contributed by atoms with E-state index in [1.165, 1.54) is 16.7 Å². The predicted molar refractivity (Wildman–Crippen MR) is 94.0 cm³/mol. The van der Waals surface area contributed by atoms with Gasteiger partial charge in [0.25, 0.3) is 0 Å². The first-order valence-corrected chi connectivity index (χ1v) is 8.07. The predicted octanol–water partition coefficient (Wildman–Crippen LogP) is 5.93. The summed E-state index contributed by atoms with van der Waals surface area (Å²) < 4.78 is 0. The zero-order valence-electron chi connectivity index (χ0n) is 14.2. The zero-order chi connectivity index (χ0) is 16.1. The number of hydrogen-bond acceptors (Lipinski definition) is 1. The quantitative estimate of drug-likeness (QED) is 0.738. The van der Waals surface area contributed by atoms with Crippen LogP contribution in [0.5, 0.6) is 5.75 Å². The van der Waals surface area contributed by atoms with Crippen molar-refractivity contribution in [2.45, 2.75) is 53.9 Å². The molecule has 0 aliphatic carbocycles. The average molecular weight is 286 g/mol. The molecular formula is C20H30O. The van der Waals surface area contributed by atoms with Crippen molar-refractivity contribution in [3.63, 3.8) is 0 Å². The standard InChI is InChI=1S/C16H18O.2C2H6/c1-13-5-7-14(8-6-13)3-2-4-15-9-11-16(17)12-10-15;2*1-2/h5-12,17H,2-4H2,1H3;2*1-2H3. The Morgan fingerprint density at radius 2 is 1.05 bits per heavy atom. The van der Waals surface area contributed by atoms with E-state index >= 15 is 0 Å². The molecule has 2 aromatic rings. The summed E-state index contributed by atoms with van der Waals surface area (Å²) in [6, 6.07) is 16.2. The lowest BCUT2D eigenvalue weighted by Gasteiger charge is -2.03. The van der Waals surface area contributed by atoms with Gasteiger partial charge in [0, 0.05) is 0 Å². The highest BCUT2D eigenvalue weighted by molar-refractivity contribution is 5.26. The van der Waals surface area contributed by atoms with E-state index in [-0.39, 0.29) is 0 Å². The van der Waals surface area contributed by atoms with Crippen LogP contribution in [0.4, 0.5) is 0 Å². The monoisotopic (exact) mass is 286 g/mol. The minimum Gasteiger partial charge on any atom is -0.508 e. The summed E-state index contributed by atoms with van der Waals surface area (Å²) in [6.45, 7) is 10.1. The van der Waals surface area contributed by atoms with Gasteiger partial charge in [0.15, 0.2) is 0 Å². The van der Waals surface area contributed by atoms with Crippen LogP contribution in [0, 0.1) is 6.92 Å². The summed E-state index contributed by atoms with van der Waals surface area (Å²) in [6.07, 6.45) is 3.32. The van der Waals surface area contributed by atoms with Crippen molar-refractivity contribution in [3.05, 3.63) is 65.2 Å². The Kier molecular flexibility index (Phi) is 11.0. The van der Waals surface area contributed by atoms with Gasteiger partial charge < -0.3 is 5.11 Å². The average Bonchev–Trinajstić information content (AvgIpc) is 2.55. The van der Waals surface area contributed by atoms with Crippen LogP contribution in [0.2, 0.25) is 0 Å². The first kappa shape index (κ1) is 19.2. The van der Waals surface area contributed by atoms with Crippen molar-refractivity contribution in [1.82, 2.24) is 0 Å². The Morgan fingerprint density at radius 1 is 0.667 bits per heavy atom. The number of aryl methyl sites for hydroxylation is 3. The molecule has 0 heterocycles. The van der Waals surface area contributed by atoms with Crippen molar-refractivity contribution in [3.8, 4) is 5.75 Å². The smallest absolute Gasteiger partial charge is 0.115 e. The molecule has 0 atom stereocenters. The van der Waals surface area contributed by atoms with E-state index in [1.54, 1.807) is 12.1 Å². The fourth-order valence-corrected chi connectivity index (χ4v) is 1.91. The molecule has 2 rings (SSSR count). The molecule has 1 heteroatoms. The largest absolute Gasteiger partial charge is 0.508 e. The zero-order valence-corrected chi connectivity index (χ0v) is 14.2. The Balaban J connectivity index is 0.000000921. The molecule has 0 spiro atoms. The van der Waals surface area contributed by atoms with Crippen LogP contribution in [0.25, 0.3) is 0 Å². The summed E-state index contributed by atoms with van der Waals surface area (Å²) in [5.74, 6) is 0.340. The molecule has 116 valence electrons. The molecular weight excluding hydrogens is 256 g/mol. The number of rotatable bonds is 4. The summed E-state index contributed by atoms with van der Waals surface area (Å²) >= 11 is 0. The molecule has 21 heavy (non-hydrogen) atoms. The van der Waals surface area contributed by atoms with Gasteiger partial charge >= 0.3 is 0 Å².